The molecule has 0 saturated carbocycles. The lowest BCUT2D eigenvalue weighted by Crippen LogP contribution is -2.29. The average Bonchev–Trinajstić information content (AvgIpc) is 3.62. The van der Waals surface area contributed by atoms with Crippen LogP contribution in [0.5, 0.6) is 0 Å². The molecule has 0 saturated heterocycles. The summed E-state index contributed by atoms with van der Waals surface area (Å²) in [5.41, 5.74) is 5.23. The summed E-state index contributed by atoms with van der Waals surface area (Å²) in [5, 5.41) is 2.82. The van der Waals surface area contributed by atoms with Gasteiger partial charge < -0.3 is 28.5 Å². The predicted molar refractivity (Wildman–Crippen MR) is 231 cm³/mol. The van der Waals surface area contributed by atoms with Gasteiger partial charge in [-0.05, 0) is 95.5 Å². The molecule has 0 aliphatic heterocycles. The standard InChI is InChI=1S/C46H80NO10P/c1-8-10-21-27-42-38(5)39(6)44(57-42)29-23-18-15-16-20-25-31-46(49)55-40(35-54-58(50,51)53-33-32-47-7)34-52-45(48)30-24-19-14-12-11-13-17-22-28-43-37(4)36(3)41(56-43)26-9-2/h40,47H,8-35H2,1-7H3,(H,50,51)/t40-/m1/s1. The van der Waals surface area contributed by atoms with E-state index in [1.807, 2.05) is 0 Å². The van der Waals surface area contributed by atoms with Gasteiger partial charge in [-0.2, -0.15) is 0 Å². The fraction of sp³-hybridized carbons (Fsp3) is 0.783. The molecule has 12 heteroatoms. The number of ether oxygens (including phenoxy) is 2. The zero-order chi connectivity index (χ0) is 42.6. The van der Waals surface area contributed by atoms with E-state index in [1.54, 1.807) is 7.05 Å². The second kappa shape index (κ2) is 30.6. The van der Waals surface area contributed by atoms with Crippen molar-refractivity contribution in [3.63, 3.8) is 0 Å². The van der Waals surface area contributed by atoms with E-state index in [1.165, 1.54) is 60.8 Å². The van der Waals surface area contributed by atoms with E-state index in [2.05, 4.69) is 46.9 Å². The van der Waals surface area contributed by atoms with Crippen molar-refractivity contribution in [3.05, 3.63) is 45.3 Å². The Bertz CT molecular complexity index is 1470. The van der Waals surface area contributed by atoms with Crippen LogP contribution in [0.25, 0.3) is 0 Å². The molecule has 0 amide bonds. The van der Waals surface area contributed by atoms with Gasteiger partial charge in [-0.1, -0.05) is 90.9 Å². The van der Waals surface area contributed by atoms with Crippen LogP contribution in [0, 0.1) is 27.7 Å². The molecule has 11 nitrogen and oxygen atoms in total. The van der Waals surface area contributed by atoms with Crippen molar-refractivity contribution < 1.29 is 46.4 Å². The fourth-order valence-corrected chi connectivity index (χ4v) is 7.88. The number of likely N-dealkylation sites (N-methyl/N-ethyl adjacent to an activating group) is 1. The molecule has 2 N–H and O–H groups in total. The van der Waals surface area contributed by atoms with E-state index in [0.29, 0.717) is 19.4 Å². The maximum atomic E-state index is 12.7. The van der Waals surface area contributed by atoms with Gasteiger partial charge in [-0.15, -0.1) is 0 Å². The zero-order valence-electron chi connectivity index (χ0n) is 37.4. The highest BCUT2D eigenvalue weighted by Crippen LogP contribution is 2.43. The van der Waals surface area contributed by atoms with Gasteiger partial charge in [-0.3, -0.25) is 18.6 Å². The van der Waals surface area contributed by atoms with Crippen LogP contribution in [0.15, 0.2) is 8.83 Å². The first-order valence-corrected chi connectivity index (χ1v) is 24.2. The Morgan fingerprint density at radius 3 is 1.48 bits per heavy atom. The third-order valence-corrected chi connectivity index (χ3v) is 12.1. The van der Waals surface area contributed by atoms with Gasteiger partial charge >= 0.3 is 19.8 Å². The van der Waals surface area contributed by atoms with Crippen molar-refractivity contribution >= 4 is 19.8 Å². The Hall–Kier alpha value is -2.43. The summed E-state index contributed by atoms with van der Waals surface area (Å²) >= 11 is 0. The second-order valence-electron chi connectivity index (χ2n) is 16.0. The summed E-state index contributed by atoms with van der Waals surface area (Å²) < 4.78 is 45.7. The number of nitrogens with one attached hydrogen (secondary N) is 1. The van der Waals surface area contributed by atoms with Gasteiger partial charge in [-0.25, -0.2) is 4.57 Å². The molecule has 58 heavy (non-hydrogen) atoms. The lowest BCUT2D eigenvalue weighted by atomic mass is 10.0. The van der Waals surface area contributed by atoms with Gasteiger partial charge in [0, 0.05) is 45.1 Å². The van der Waals surface area contributed by atoms with Crippen molar-refractivity contribution in [2.45, 2.75) is 202 Å². The van der Waals surface area contributed by atoms with Gasteiger partial charge in [0.05, 0.1) is 13.2 Å². The number of hydrogen-bond donors (Lipinski definition) is 2. The third-order valence-electron chi connectivity index (χ3n) is 11.1. The Morgan fingerprint density at radius 1 is 0.586 bits per heavy atom. The summed E-state index contributed by atoms with van der Waals surface area (Å²) in [6, 6.07) is 0. The van der Waals surface area contributed by atoms with E-state index in [4.69, 9.17) is 27.4 Å². The topological polar surface area (TPSA) is 147 Å². The molecule has 334 valence electrons. The average molecular weight is 838 g/mol. The van der Waals surface area contributed by atoms with Crippen LogP contribution in [-0.4, -0.2) is 56.3 Å². The van der Waals surface area contributed by atoms with Crippen LogP contribution < -0.4 is 5.32 Å². The Kier molecular flexibility index (Phi) is 27.3. The quantitative estimate of drug-likeness (QED) is 0.0384. The number of rotatable bonds is 36. The molecular formula is C46H80NO10P. The highest BCUT2D eigenvalue weighted by atomic mass is 31.2. The smallest absolute Gasteiger partial charge is 0.466 e. The molecule has 2 aromatic heterocycles. The summed E-state index contributed by atoms with van der Waals surface area (Å²) in [4.78, 5) is 35.3. The molecule has 2 heterocycles. The van der Waals surface area contributed by atoms with Crippen molar-refractivity contribution in [2.75, 3.05) is 33.4 Å². The minimum atomic E-state index is -4.38. The Labute approximate surface area is 351 Å². The van der Waals surface area contributed by atoms with E-state index in [0.717, 1.165) is 113 Å². The first kappa shape index (κ1) is 51.7. The van der Waals surface area contributed by atoms with Crippen molar-refractivity contribution in [1.82, 2.24) is 5.32 Å². The third kappa shape index (κ3) is 21.7. The summed E-state index contributed by atoms with van der Waals surface area (Å²) in [5.74, 6) is 3.71. The molecule has 0 fully saturated rings. The molecule has 2 aromatic rings. The van der Waals surface area contributed by atoms with Crippen molar-refractivity contribution in [2.24, 2.45) is 0 Å². The largest absolute Gasteiger partial charge is 0.472 e. The molecular weight excluding hydrogens is 757 g/mol. The zero-order valence-corrected chi connectivity index (χ0v) is 38.3. The molecule has 0 aliphatic carbocycles. The van der Waals surface area contributed by atoms with Gasteiger partial charge in [0.2, 0.25) is 0 Å². The normalized spacial score (nSPS) is 13.2. The summed E-state index contributed by atoms with van der Waals surface area (Å²) in [7, 11) is -2.68. The highest BCUT2D eigenvalue weighted by molar-refractivity contribution is 7.47. The van der Waals surface area contributed by atoms with Crippen molar-refractivity contribution in [3.8, 4) is 0 Å². The number of furan rings is 2. The number of phosphoric acid groups is 1. The molecule has 0 bridgehead atoms. The number of carbonyl (C=O) groups excluding carboxylic acids is 2. The number of aryl methyl sites for hydroxylation is 4. The Morgan fingerprint density at radius 2 is 1.02 bits per heavy atom. The molecule has 0 radical (unpaired) electrons. The molecule has 2 atom stereocenters. The number of phosphoric ester groups is 1. The minimum Gasteiger partial charge on any atom is -0.466 e. The number of esters is 2. The van der Waals surface area contributed by atoms with Crippen LogP contribution in [0.3, 0.4) is 0 Å². The van der Waals surface area contributed by atoms with E-state index < -0.39 is 32.5 Å². The second-order valence-corrected chi connectivity index (χ2v) is 17.5. The monoisotopic (exact) mass is 838 g/mol. The van der Waals surface area contributed by atoms with Crippen LogP contribution in [0.4, 0.5) is 0 Å². The predicted octanol–water partition coefficient (Wildman–Crippen LogP) is 11.6. The van der Waals surface area contributed by atoms with Gasteiger partial charge in [0.15, 0.2) is 6.10 Å². The van der Waals surface area contributed by atoms with E-state index in [9.17, 15) is 19.0 Å². The van der Waals surface area contributed by atoms with Crippen LogP contribution in [-0.2, 0) is 58.4 Å². The maximum absolute atomic E-state index is 12.7. The SMILES string of the molecule is CCCCCc1oc(CCCCCCCCC(=O)O[C@H](COC(=O)CCCCCCCCCCc2oc(CCC)c(C)c2C)COP(=O)(O)OCCNC)c(C)c1C. The molecule has 1 unspecified atom stereocenters. The first-order valence-electron chi connectivity index (χ1n) is 22.7. The van der Waals surface area contributed by atoms with Gasteiger partial charge in [0.25, 0.3) is 0 Å². The molecule has 0 aromatic carbocycles. The lowest BCUT2D eigenvalue weighted by molar-refractivity contribution is -0.161. The first-order chi connectivity index (χ1) is 27.9. The number of unbranched alkanes of at least 4 members (excludes halogenated alkanes) is 14. The van der Waals surface area contributed by atoms with Crippen LogP contribution in [0.2, 0.25) is 0 Å². The fourth-order valence-electron chi connectivity index (χ4n) is 7.13. The highest BCUT2D eigenvalue weighted by Gasteiger charge is 2.26. The van der Waals surface area contributed by atoms with Gasteiger partial charge in [0.1, 0.15) is 29.6 Å². The Balaban J connectivity index is 1.63. The van der Waals surface area contributed by atoms with Crippen molar-refractivity contribution in [1.29, 1.82) is 0 Å². The summed E-state index contributed by atoms with van der Waals surface area (Å²) in [6.07, 6.45) is 22.5. The minimum absolute atomic E-state index is 0.0307. The number of hydrogen-bond acceptors (Lipinski definition) is 10. The maximum Gasteiger partial charge on any atom is 0.472 e. The lowest BCUT2D eigenvalue weighted by Gasteiger charge is -2.20. The molecule has 0 spiro atoms. The van der Waals surface area contributed by atoms with E-state index in [-0.39, 0.29) is 26.1 Å². The summed E-state index contributed by atoms with van der Waals surface area (Å²) in [6.45, 7) is 12.7. The molecule has 2 rings (SSSR count). The van der Waals surface area contributed by atoms with Crippen LogP contribution in [0.1, 0.15) is 188 Å². The molecule has 0 aliphatic rings. The van der Waals surface area contributed by atoms with E-state index >= 15 is 0 Å². The number of carbonyl (C=O) groups is 2. The van der Waals surface area contributed by atoms with Crippen LogP contribution >= 0.6 is 7.82 Å².